The molecule has 6 heteroatoms. The lowest BCUT2D eigenvalue weighted by molar-refractivity contribution is -0.664. The summed E-state index contributed by atoms with van der Waals surface area (Å²) in [6.07, 6.45) is 0. The van der Waals surface area contributed by atoms with Gasteiger partial charge in [-0.3, -0.25) is 0 Å². The van der Waals surface area contributed by atoms with E-state index in [9.17, 15) is 10.3 Å². The summed E-state index contributed by atoms with van der Waals surface area (Å²) in [5.74, 6) is 0.810. The van der Waals surface area contributed by atoms with E-state index in [4.69, 9.17) is 4.74 Å². The molecule has 3 aromatic carbocycles. The Morgan fingerprint density at radius 3 is 2.19 bits per heavy atom. The van der Waals surface area contributed by atoms with E-state index in [2.05, 4.69) is 39.7 Å². The van der Waals surface area contributed by atoms with E-state index >= 15 is 0 Å². The topological polar surface area (TPSA) is 74.2 Å². The largest absolute Gasteiger partial charge is 0.692 e. The van der Waals surface area contributed by atoms with Crippen molar-refractivity contribution in [1.29, 1.82) is 0 Å². The zero-order chi connectivity index (χ0) is 23.3. The first-order valence-corrected chi connectivity index (χ1v) is 10.6. The number of methoxy groups -OCH3 is 1. The number of phenols is 1. The second kappa shape index (κ2) is 7.55. The molecule has 0 unspecified atom stereocenters. The van der Waals surface area contributed by atoms with Crippen LogP contribution in [0, 0.1) is 5.21 Å². The van der Waals surface area contributed by atoms with Gasteiger partial charge in [-0.2, -0.15) is 0 Å². The van der Waals surface area contributed by atoms with Crippen molar-refractivity contribution in [3.63, 3.8) is 0 Å². The highest BCUT2D eigenvalue weighted by atomic mass is 16.5. The Bertz CT molecular complexity index is 1280. The molecule has 32 heavy (non-hydrogen) atoms. The van der Waals surface area contributed by atoms with Crippen LogP contribution in [-0.4, -0.2) is 22.1 Å². The van der Waals surface area contributed by atoms with Gasteiger partial charge in [-0.25, -0.2) is 0 Å². The third-order valence-electron chi connectivity index (χ3n) is 6.12. The highest BCUT2D eigenvalue weighted by molar-refractivity contribution is 5.70. The number of hydrogen-bond donors (Lipinski definition) is 1. The molecule has 6 nitrogen and oxygen atoms in total. The van der Waals surface area contributed by atoms with Crippen LogP contribution in [0.5, 0.6) is 11.5 Å². The van der Waals surface area contributed by atoms with Crippen molar-refractivity contribution in [3.05, 3.63) is 82.6 Å². The van der Waals surface area contributed by atoms with Crippen LogP contribution in [0.3, 0.4) is 0 Å². The van der Waals surface area contributed by atoms with Crippen LogP contribution >= 0.6 is 0 Å². The van der Waals surface area contributed by atoms with E-state index in [1.165, 1.54) is 4.80 Å². The first kappa shape index (κ1) is 21.7. The number of nitrogens with zero attached hydrogens (tertiary/aromatic N) is 3. The van der Waals surface area contributed by atoms with E-state index in [1.54, 1.807) is 25.3 Å². The van der Waals surface area contributed by atoms with Crippen molar-refractivity contribution >= 4 is 11.0 Å². The van der Waals surface area contributed by atoms with E-state index in [1.807, 2.05) is 42.5 Å². The number of benzene rings is 3. The maximum atomic E-state index is 13.0. The maximum Gasteiger partial charge on any atom is 0.250 e. The summed E-state index contributed by atoms with van der Waals surface area (Å²) in [4.78, 5) is 1.96. The van der Waals surface area contributed by atoms with Crippen LogP contribution in [0.25, 0.3) is 16.7 Å². The van der Waals surface area contributed by atoms with Gasteiger partial charge >= 0.3 is 0 Å². The fourth-order valence-electron chi connectivity index (χ4n) is 3.95. The SMILES string of the molecule is COc1ccc(C(C)(C)c2cc(C(C)(C)C)cc(-n3nc4ccccc4[n+]3[O-])c2O)cc1. The van der Waals surface area contributed by atoms with Crippen molar-refractivity contribution in [2.24, 2.45) is 0 Å². The third kappa shape index (κ3) is 3.55. The van der Waals surface area contributed by atoms with Crippen LogP contribution < -0.4 is 9.58 Å². The summed E-state index contributed by atoms with van der Waals surface area (Å²) in [5, 5.41) is 29.0. The standard InChI is InChI=1S/C26H29N3O3/c1-25(2,3)18-15-20(26(4,5)17-11-13-19(32-6)14-12-17)24(30)23(16-18)28-27-21-9-7-8-10-22(21)29(28)31/h7-16,30H,1-6H3. The van der Waals surface area contributed by atoms with Crippen molar-refractivity contribution < 1.29 is 14.7 Å². The molecule has 0 spiro atoms. The van der Waals surface area contributed by atoms with Gasteiger partial charge in [0.15, 0.2) is 11.4 Å². The minimum Gasteiger partial charge on any atom is -0.692 e. The third-order valence-corrected chi connectivity index (χ3v) is 6.12. The molecular formula is C26H29N3O3. The van der Waals surface area contributed by atoms with Gasteiger partial charge in [0.05, 0.1) is 12.2 Å². The molecule has 1 N–H and O–H groups in total. The molecule has 0 amide bonds. The molecule has 1 aromatic heterocycles. The summed E-state index contributed by atoms with van der Waals surface area (Å²) in [5.41, 5.74) is 3.39. The van der Waals surface area contributed by atoms with Gasteiger partial charge in [-0.05, 0) is 51.7 Å². The number of fused-ring (bicyclic) bond motifs is 1. The average Bonchev–Trinajstić information content (AvgIpc) is 3.09. The van der Waals surface area contributed by atoms with Gasteiger partial charge < -0.3 is 15.1 Å². The Kier molecular flexibility index (Phi) is 5.12. The Morgan fingerprint density at radius 2 is 1.59 bits per heavy atom. The van der Waals surface area contributed by atoms with Gasteiger partial charge in [0.2, 0.25) is 11.0 Å². The van der Waals surface area contributed by atoms with Gasteiger partial charge in [-0.15, -0.1) is 4.85 Å². The van der Waals surface area contributed by atoms with E-state index in [0.29, 0.717) is 16.7 Å². The smallest absolute Gasteiger partial charge is 0.250 e. The van der Waals surface area contributed by atoms with Crippen molar-refractivity contribution in [3.8, 4) is 17.2 Å². The molecule has 0 aliphatic rings. The van der Waals surface area contributed by atoms with Crippen LogP contribution in [0.4, 0.5) is 0 Å². The first-order chi connectivity index (χ1) is 15.0. The van der Waals surface area contributed by atoms with Gasteiger partial charge in [0.1, 0.15) is 5.75 Å². The van der Waals surface area contributed by atoms with E-state index in [-0.39, 0.29) is 11.2 Å². The van der Waals surface area contributed by atoms with Crippen molar-refractivity contribution in [2.75, 3.05) is 7.11 Å². The average molecular weight is 432 g/mol. The number of ether oxygens (including phenoxy) is 1. The normalized spacial score (nSPS) is 12.3. The zero-order valence-electron chi connectivity index (χ0n) is 19.4. The predicted octanol–water partition coefficient (Wildman–Crippen LogP) is 5.00. The summed E-state index contributed by atoms with van der Waals surface area (Å²) in [6.45, 7) is 10.4. The molecule has 0 saturated carbocycles. The van der Waals surface area contributed by atoms with Crippen LogP contribution in [-0.2, 0) is 10.8 Å². The quantitative estimate of drug-likeness (QED) is 0.365. The lowest BCUT2D eigenvalue weighted by atomic mass is 9.75. The Hall–Kier alpha value is -3.54. The van der Waals surface area contributed by atoms with Crippen LogP contribution in [0.1, 0.15) is 51.3 Å². The summed E-state index contributed by atoms with van der Waals surface area (Å²) in [6, 6.07) is 18.8. The minimum atomic E-state index is -0.535. The summed E-state index contributed by atoms with van der Waals surface area (Å²) >= 11 is 0. The summed E-state index contributed by atoms with van der Waals surface area (Å²) < 4.78 is 5.30. The predicted molar refractivity (Wildman–Crippen MR) is 126 cm³/mol. The molecular weight excluding hydrogens is 402 g/mol. The second-order valence-corrected chi connectivity index (χ2v) is 9.65. The molecule has 166 valence electrons. The number of hydrogen-bond acceptors (Lipinski definition) is 4. The van der Waals surface area contributed by atoms with Gasteiger partial charge in [-0.1, -0.05) is 65.0 Å². The molecule has 1 heterocycles. The minimum absolute atomic E-state index is 0.0382. The summed E-state index contributed by atoms with van der Waals surface area (Å²) in [7, 11) is 1.64. The Balaban J connectivity index is 1.98. The maximum absolute atomic E-state index is 13.0. The Morgan fingerprint density at radius 1 is 0.938 bits per heavy atom. The monoisotopic (exact) mass is 431 g/mol. The fourth-order valence-corrected chi connectivity index (χ4v) is 3.95. The molecule has 0 aliphatic heterocycles. The van der Waals surface area contributed by atoms with E-state index in [0.717, 1.165) is 27.3 Å². The second-order valence-electron chi connectivity index (χ2n) is 9.65. The number of para-hydroxylation sites is 1. The molecule has 0 saturated heterocycles. The van der Waals surface area contributed by atoms with Crippen LogP contribution in [0.2, 0.25) is 0 Å². The molecule has 0 fully saturated rings. The lowest BCUT2D eigenvalue weighted by Gasteiger charge is -2.30. The first-order valence-electron chi connectivity index (χ1n) is 10.6. The Labute approximate surface area is 188 Å². The van der Waals surface area contributed by atoms with Crippen molar-refractivity contribution in [1.82, 2.24) is 9.90 Å². The fraction of sp³-hybridized carbons (Fsp3) is 0.308. The molecule has 0 aliphatic carbocycles. The van der Waals surface area contributed by atoms with Gasteiger partial charge in [0, 0.05) is 11.0 Å². The van der Waals surface area contributed by atoms with Gasteiger partial charge in [0.25, 0.3) is 0 Å². The van der Waals surface area contributed by atoms with Crippen molar-refractivity contribution in [2.45, 2.75) is 45.4 Å². The molecule has 0 atom stereocenters. The number of phenolic OH excluding ortho intramolecular Hbond substituents is 1. The lowest BCUT2D eigenvalue weighted by Crippen LogP contribution is -2.37. The van der Waals surface area contributed by atoms with E-state index < -0.39 is 5.41 Å². The zero-order valence-corrected chi connectivity index (χ0v) is 19.4. The molecule has 0 radical (unpaired) electrons. The number of rotatable bonds is 4. The molecule has 0 bridgehead atoms. The highest BCUT2D eigenvalue weighted by Gasteiger charge is 2.32. The highest BCUT2D eigenvalue weighted by Crippen LogP contribution is 2.42. The van der Waals surface area contributed by atoms with Crippen LogP contribution in [0.15, 0.2) is 60.7 Å². The number of aromatic hydroxyl groups is 1. The molecule has 4 aromatic rings. The number of aromatic nitrogens is 3. The molecule has 4 rings (SSSR count).